The number of anilines is 2. The highest BCUT2D eigenvalue weighted by Gasteiger charge is 2.34. The number of aromatic nitrogens is 3. The van der Waals surface area contributed by atoms with Crippen LogP contribution in [0, 0.1) is 0 Å². The van der Waals surface area contributed by atoms with Crippen molar-refractivity contribution >= 4 is 33.5 Å². The minimum absolute atomic E-state index is 0.239. The van der Waals surface area contributed by atoms with Gasteiger partial charge < -0.3 is 15.4 Å². The Balaban J connectivity index is 1.79. The van der Waals surface area contributed by atoms with E-state index in [4.69, 9.17) is 4.74 Å². The fraction of sp³-hybridized carbons (Fsp3) is 0.150. The predicted molar refractivity (Wildman–Crippen MR) is 110 cm³/mol. The second-order valence-electron chi connectivity index (χ2n) is 6.27. The van der Waals surface area contributed by atoms with Crippen molar-refractivity contribution in [3.8, 4) is 5.75 Å². The lowest BCUT2D eigenvalue weighted by Crippen LogP contribution is -2.31. The second-order valence-corrected chi connectivity index (χ2v) is 7.12. The van der Waals surface area contributed by atoms with Gasteiger partial charge in [-0.05, 0) is 30.7 Å². The molecule has 2 heterocycles. The van der Waals surface area contributed by atoms with E-state index in [-0.39, 0.29) is 5.91 Å². The van der Waals surface area contributed by atoms with Crippen LogP contribution in [-0.2, 0) is 4.79 Å². The number of benzene rings is 2. The molecule has 1 aromatic heterocycles. The fourth-order valence-electron chi connectivity index (χ4n) is 3.31. The van der Waals surface area contributed by atoms with Gasteiger partial charge in [0.2, 0.25) is 5.95 Å². The van der Waals surface area contributed by atoms with E-state index in [1.807, 2.05) is 43.3 Å². The Kier molecular flexibility index (Phi) is 4.87. The number of carbonyl (C=O) groups is 1. The third-order valence-corrected chi connectivity index (χ3v) is 5.32. The molecule has 1 atom stereocenters. The van der Waals surface area contributed by atoms with E-state index in [1.165, 1.54) is 6.33 Å². The fourth-order valence-corrected chi connectivity index (χ4v) is 3.81. The molecule has 28 heavy (non-hydrogen) atoms. The number of para-hydroxylation sites is 2. The van der Waals surface area contributed by atoms with Crippen LogP contribution in [0.2, 0.25) is 0 Å². The average Bonchev–Trinajstić information content (AvgIpc) is 3.16. The summed E-state index contributed by atoms with van der Waals surface area (Å²) < 4.78 is 7.95. The van der Waals surface area contributed by atoms with Crippen LogP contribution in [0.1, 0.15) is 18.5 Å². The summed E-state index contributed by atoms with van der Waals surface area (Å²) in [4.78, 5) is 17.6. The Morgan fingerprint density at radius 1 is 1.21 bits per heavy atom. The number of methoxy groups -OCH3 is 1. The third-order valence-electron chi connectivity index (χ3n) is 4.59. The first-order valence-corrected chi connectivity index (χ1v) is 9.45. The maximum atomic E-state index is 13.3. The maximum absolute atomic E-state index is 13.3. The molecule has 0 aliphatic carbocycles. The van der Waals surface area contributed by atoms with E-state index in [2.05, 4.69) is 36.6 Å². The van der Waals surface area contributed by atoms with Crippen molar-refractivity contribution in [1.82, 2.24) is 14.8 Å². The molecule has 2 N–H and O–H groups in total. The highest BCUT2D eigenvalue weighted by molar-refractivity contribution is 9.10. The molecule has 8 heteroatoms. The molecule has 1 amide bonds. The van der Waals surface area contributed by atoms with E-state index < -0.39 is 6.04 Å². The Labute approximate surface area is 170 Å². The van der Waals surface area contributed by atoms with Gasteiger partial charge in [-0.1, -0.05) is 46.3 Å². The molecule has 0 saturated heterocycles. The topological polar surface area (TPSA) is 81.1 Å². The molecular weight excluding hydrogens is 422 g/mol. The number of allylic oxidation sites excluding steroid dienone is 1. The van der Waals surface area contributed by atoms with Crippen molar-refractivity contribution in [3.63, 3.8) is 0 Å². The summed E-state index contributed by atoms with van der Waals surface area (Å²) in [6.07, 6.45) is 1.47. The van der Waals surface area contributed by atoms with Gasteiger partial charge in [0.25, 0.3) is 5.91 Å². The van der Waals surface area contributed by atoms with Crippen molar-refractivity contribution in [1.29, 1.82) is 0 Å². The molecule has 7 nitrogen and oxygen atoms in total. The molecule has 0 radical (unpaired) electrons. The third kappa shape index (κ3) is 3.16. The van der Waals surface area contributed by atoms with Crippen molar-refractivity contribution < 1.29 is 9.53 Å². The molecule has 0 bridgehead atoms. The zero-order valence-electron chi connectivity index (χ0n) is 15.3. The molecule has 1 unspecified atom stereocenters. The summed E-state index contributed by atoms with van der Waals surface area (Å²) in [7, 11) is 1.57. The van der Waals surface area contributed by atoms with Gasteiger partial charge in [0.05, 0.1) is 18.4 Å². The standard InChI is InChI=1S/C20H18BrN5O2/c1-12-17(19(27)25-15-9-5-6-10-16(15)28-2)18(13-7-3-4-8-14(13)21)26-20(24-12)22-11-23-26/h3-11,18H,1-2H3,(H,25,27)(H,22,23,24). The van der Waals surface area contributed by atoms with Gasteiger partial charge in [0.1, 0.15) is 18.1 Å². The van der Waals surface area contributed by atoms with E-state index in [0.29, 0.717) is 28.7 Å². The van der Waals surface area contributed by atoms with Gasteiger partial charge in [0, 0.05) is 10.2 Å². The predicted octanol–water partition coefficient (Wildman–Crippen LogP) is 3.98. The number of rotatable bonds is 4. The highest BCUT2D eigenvalue weighted by Crippen LogP contribution is 2.38. The van der Waals surface area contributed by atoms with Crippen molar-refractivity contribution in [2.75, 3.05) is 17.7 Å². The summed E-state index contributed by atoms with van der Waals surface area (Å²) in [5.41, 5.74) is 2.79. The van der Waals surface area contributed by atoms with Crippen LogP contribution in [-0.4, -0.2) is 27.8 Å². The number of amides is 1. The molecule has 2 aromatic carbocycles. The molecule has 4 rings (SSSR count). The van der Waals surface area contributed by atoms with Crippen LogP contribution in [0.4, 0.5) is 11.6 Å². The van der Waals surface area contributed by atoms with Crippen LogP contribution in [0.15, 0.2) is 70.6 Å². The van der Waals surface area contributed by atoms with Crippen molar-refractivity contribution in [3.05, 3.63) is 76.2 Å². The van der Waals surface area contributed by atoms with E-state index >= 15 is 0 Å². The summed E-state index contributed by atoms with van der Waals surface area (Å²) in [6.45, 7) is 1.86. The lowest BCUT2D eigenvalue weighted by molar-refractivity contribution is -0.113. The summed E-state index contributed by atoms with van der Waals surface area (Å²) in [5, 5.41) is 10.5. The minimum Gasteiger partial charge on any atom is -0.495 e. The summed E-state index contributed by atoms with van der Waals surface area (Å²) >= 11 is 3.60. The van der Waals surface area contributed by atoms with Crippen LogP contribution >= 0.6 is 15.9 Å². The van der Waals surface area contributed by atoms with Crippen molar-refractivity contribution in [2.45, 2.75) is 13.0 Å². The second kappa shape index (κ2) is 7.47. The van der Waals surface area contributed by atoms with Crippen LogP contribution in [0.5, 0.6) is 5.75 Å². The number of hydrogen-bond donors (Lipinski definition) is 2. The van der Waals surface area contributed by atoms with Gasteiger partial charge in [-0.3, -0.25) is 4.79 Å². The zero-order chi connectivity index (χ0) is 19.7. The van der Waals surface area contributed by atoms with Crippen LogP contribution in [0.25, 0.3) is 0 Å². The molecule has 142 valence electrons. The van der Waals surface area contributed by atoms with Gasteiger partial charge in [0.15, 0.2) is 0 Å². The van der Waals surface area contributed by atoms with Crippen LogP contribution < -0.4 is 15.4 Å². The molecule has 0 spiro atoms. The number of nitrogens with zero attached hydrogens (tertiary/aromatic N) is 3. The number of ether oxygens (including phenoxy) is 1. The molecule has 1 aliphatic heterocycles. The summed E-state index contributed by atoms with van der Waals surface area (Å²) in [6, 6.07) is 14.7. The van der Waals surface area contributed by atoms with Gasteiger partial charge >= 0.3 is 0 Å². The zero-order valence-corrected chi connectivity index (χ0v) is 16.9. The normalized spacial score (nSPS) is 15.6. The number of nitrogens with one attached hydrogen (secondary N) is 2. The quantitative estimate of drug-likeness (QED) is 0.642. The molecular formula is C20H18BrN5O2. The summed E-state index contributed by atoms with van der Waals surface area (Å²) in [5.74, 6) is 0.945. The highest BCUT2D eigenvalue weighted by atomic mass is 79.9. The van der Waals surface area contributed by atoms with E-state index in [1.54, 1.807) is 23.9 Å². The first kappa shape index (κ1) is 18.2. The molecule has 0 saturated carbocycles. The van der Waals surface area contributed by atoms with E-state index in [9.17, 15) is 4.79 Å². The number of fused-ring (bicyclic) bond motifs is 1. The van der Waals surface area contributed by atoms with Gasteiger partial charge in [-0.2, -0.15) is 10.1 Å². The van der Waals surface area contributed by atoms with Gasteiger partial charge in [-0.25, -0.2) is 4.68 Å². The Bertz CT molecular complexity index is 1080. The number of halogens is 1. The van der Waals surface area contributed by atoms with Crippen LogP contribution in [0.3, 0.4) is 0 Å². The lowest BCUT2D eigenvalue weighted by Gasteiger charge is -2.29. The largest absolute Gasteiger partial charge is 0.495 e. The average molecular weight is 440 g/mol. The van der Waals surface area contributed by atoms with Crippen molar-refractivity contribution in [2.24, 2.45) is 0 Å². The molecule has 0 fully saturated rings. The minimum atomic E-state index is -0.427. The smallest absolute Gasteiger partial charge is 0.255 e. The molecule has 1 aliphatic rings. The SMILES string of the molecule is COc1ccccc1NC(=O)C1=C(C)Nc2ncnn2C1c1ccccc1Br. The Hall–Kier alpha value is -3.13. The first-order valence-electron chi connectivity index (χ1n) is 8.66. The maximum Gasteiger partial charge on any atom is 0.255 e. The van der Waals surface area contributed by atoms with E-state index in [0.717, 1.165) is 10.0 Å². The van der Waals surface area contributed by atoms with Gasteiger partial charge in [-0.15, -0.1) is 0 Å². The number of carbonyl (C=O) groups excluding carboxylic acids is 1. The number of hydrogen-bond acceptors (Lipinski definition) is 5. The first-order chi connectivity index (χ1) is 13.6. The lowest BCUT2D eigenvalue weighted by atomic mass is 9.95. The Morgan fingerprint density at radius 2 is 1.96 bits per heavy atom. The monoisotopic (exact) mass is 439 g/mol. The Morgan fingerprint density at radius 3 is 2.75 bits per heavy atom. The molecule has 3 aromatic rings.